The molecule has 1 fully saturated rings. The van der Waals surface area contributed by atoms with Crippen LogP contribution in [0, 0.1) is 5.92 Å². The van der Waals surface area contributed by atoms with E-state index in [1.54, 1.807) is 0 Å². The number of aliphatic carboxylic acids is 1. The minimum atomic E-state index is -0.826. The molecule has 4 heteroatoms. The molecule has 2 aromatic rings. The SMILES string of the molecule is CCC1=CC2CN3CCc4c([nH]c5ccccc45)C(C(=O)O)(C2)C13. The molecule has 1 saturated heterocycles. The Morgan fingerprint density at radius 3 is 3.04 bits per heavy atom. The second-order valence-electron chi connectivity index (χ2n) is 7.51. The van der Waals surface area contributed by atoms with E-state index in [4.69, 9.17) is 0 Å². The molecule has 4 unspecified atom stereocenters. The number of carboxylic acid groups (broad SMARTS) is 1. The summed E-state index contributed by atoms with van der Waals surface area (Å²) in [6.45, 7) is 4.11. The number of aromatic amines is 1. The van der Waals surface area contributed by atoms with E-state index in [2.05, 4.69) is 35.0 Å². The van der Waals surface area contributed by atoms with E-state index in [1.807, 2.05) is 12.1 Å². The lowest BCUT2D eigenvalue weighted by atomic mass is 9.60. The van der Waals surface area contributed by atoms with Crippen LogP contribution in [0.3, 0.4) is 0 Å². The quantitative estimate of drug-likeness (QED) is 0.836. The molecule has 1 aromatic carbocycles. The molecule has 4 aliphatic rings. The number of rotatable bonds is 2. The van der Waals surface area contributed by atoms with Crippen LogP contribution < -0.4 is 0 Å². The number of benzene rings is 1. The van der Waals surface area contributed by atoms with Gasteiger partial charge in [-0.3, -0.25) is 9.69 Å². The number of H-pyrrole nitrogens is 1. The van der Waals surface area contributed by atoms with Gasteiger partial charge < -0.3 is 10.1 Å². The number of nitrogens with one attached hydrogen (secondary N) is 1. The van der Waals surface area contributed by atoms with Crippen molar-refractivity contribution in [2.75, 3.05) is 13.1 Å². The zero-order chi connectivity index (χ0) is 16.5. The largest absolute Gasteiger partial charge is 0.480 e. The van der Waals surface area contributed by atoms with Crippen molar-refractivity contribution in [1.82, 2.24) is 9.88 Å². The molecule has 1 aromatic heterocycles. The standard InChI is InChI=1S/C20H22N2O2/c1-2-13-9-12-10-20(19(23)24)17-15(7-8-22(11-12)18(13)20)14-5-3-4-6-16(14)21-17/h3-6,9,12,18,21H,2,7-8,10-11H2,1H3,(H,23,24). The molecule has 4 heterocycles. The minimum absolute atomic E-state index is 0.000637. The molecule has 0 spiro atoms. The predicted molar refractivity (Wildman–Crippen MR) is 93.2 cm³/mol. The first kappa shape index (κ1) is 14.3. The van der Waals surface area contributed by atoms with Crippen LogP contribution in [0.15, 0.2) is 35.9 Å². The summed E-state index contributed by atoms with van der Waals surface area (Å²) in [6, 6.07) is 8.25. The second kappa shape index (κ2) is 4.73. The third-order valence-corrected chi connectivity index (χ3v) is 6.38. The highest BCUT2D eigenvalue weighted by Gasteiger charge is 2.59. The summed E-state index contributed by atoms with van der Waals surface area (Å²) in [5, 5.41) is 11.6. The van der Waals surface area contributed by atoms with Gasteiger partial charge >= 0.3 is 5.97 Å². The predicted octanol–water partition coefficient (Wildman–Crippen LogP) is 3.09. The van der Waals surface area contributed by atoms with Crippen molar-refractivity contribution in [2.45, 2.75) is 37.6 Å². The molecule has 6 rings (SSSR count). The molecule has 0 amide bonds. The lowest BCUT2D eigenvalue weighted by Crippen LogP contribution is -2.63. The van der Waals surface area contributed by atoms with Crippen LogP contribution in [0.1, 0.15) is 31.0 Å². The Morgan fingerprint density at radius 2 is 2.25 bits per heavy atom. The van der Waals surface area contributed by atoms with E-state index in [1.165, 1.54) is 16.5 Å². The van der Waals surface area contributed by atoms with Crippen molar-refractivity contribution in [2.24, 2.45) is 5.92 Å². The number of fused-ring (bicyclic) bond motifs is 3. The van der Waals surface area contributed by atoms with Crippen molar-refractivity contribution < 1.29 is 9.90 Å². The zero-order valence-electron chi connectivity index (χ0n) is 13.9. The maximum absolute atomic E-state index is 12.7. The summed E-state index contributed by atoms with van der Waals surface area (Å²) in [5.41, 5.74) is 3.74. The van der Waals surface area contributed by atoms with Gasteiger partial charge in [-0.05, 0) is 36.8 Å². The highest BCUT2D eigenvalue weighted by molar-refractivity contribution is 5.91. The number of hydrogen-bond donors (Lipinski definition) is 2. The topological polar surface area (TPSA) is 56.3 Å². The number of carbonyl (C=O) groups is 1. The third-order valence-electron chi connectivity index (χ3n) is 6.38. The van der Waals surface area contributed by atoms with Gasteiger partial charge in [0, 0.05) is 29.7 Å². The van der Waals surface area contributed by atoms with Crippen molar-refractivity contribution in [3.05, 3.63) is 47.2 Å². The molecule has 3 aliphatic heterocycles. The maximum Gasteiger partial charge on any atom is 0.317 e. The molecule has 124 valence electrons. The van der Waals surface area contributed by atoms with E-state index in [9.17, 15) is 9.90 Å². The number of hydrogen-bond acceptors (Lipinski definition) is 2. The van der Waals surface area contributed by atoms with E-state index >= 15 is 0 Å². The second-order valence-corrected chi connectivity index (χ2v) is 7.51. The smallest absolute Gasteiger partial charge is 0.317 e. The Kier molecular flexibility index (Phi) is 2.82. The van der Waals surface area contributed by atoms with Gasteiger partial charge in [-0.1, -0.05) is 36.8 Å². The Bertz CT molecular complexity index is 881. The molecule has 0 radical (unpaired) electrons. The molecule has 0 saturated carbocycles. The molecule has 24 heavy (non-hydrogen) atoms. The van der Waals surface area contributed by atoms with Gasteiger partial charge in [0.1, 0.15) is 5.41 Å². The summed E-state index contributed by atoms with van der Waals surface area (Å²) >= 11 is 0. The fourth-order valence-corrected chi connectivity index (χ4v) is 5.54. The van der Waals surface area contributed by atoms with E-state index in [0.29, 0.717) is 12.3 Å². The van der Waals surface area contributed by atoms with Gasteiger partial charge in [0.15, 0.2) is 0 Å². The van der Waals surface area contributed by atoms with E-state index in [-0.39, 0.29) is 6.04 Å². The number of carboxylic acids is 1. The summed E-state index contributed by atoms with van der Waals surface area (Å²) in [7, 11) is 0. The Morgan fingerprint density at radius 1 is 1.42 bits per heavy atom. The third kappa shape index (κ3) is 1.59. The molecular formula is C20H22N2O2. The van der Waals surface area contributed by atoms with Gasteiger partial charge in [-0.15, -0.1) is 0 Å². The van der Waals surface area contributed by atoms with E-state index in [0.717, 1.165) is 37.1 Å². The molecule has 4 atom stereocenters. The number of aromatic nitrogens is 1. The Labute approximate surface area is 141 Å². The maximum atomic E-state index is 12.7. The number of piperidine rings is 1. The highest BCUT2D eigenvalue weighted by Crippen LogP contribution is 2.52. The van der Waals surface area contributed by atoms with Crippen molar-refractivity contribution in [3.8, 4) is 0 Å². The summed E-state index contributed by atoms with van der Waals surface area (Å²) < 4.78 is 0. The van der Waals surface area contributed by atoms with Crippen LogP contribution in [0.25, 0.3) is 10.9 Å². The average Bonchev–Trinajstić information content (AvgIpc) is 2.94. The first-order chi connectivity index (χ1) is 11.6. The first-order valence-electron chi connectivity index (χ1n) is 8.93. The van der Waals surface area contributed by atoms with Crippen LogP contribution in [-0.4, -0.2) is 40.1 Å². The fourth-order valence-electron chi connectivity index (χ4n) is 5.54. The number of nitrogens with zero attached hydrogens (tertiary/aromatic N) is 1. The Balaban J connectivity index is 1.84. The Hall–Kier alpha value is -2.07. The van der Waals surface area contributed by atoms with Crippen LogP contribution >= 0.6 is 0 Å². The van der Waals surface area contributed by atoms with Crippen molar-refractivity contribution in [3.63, 3.8) is 0 Å². The zero-order valence-corrected chi connectivity index (χ0v) is 13.9. The minimum Gasteiger partial charge on any atom is -0.480 e. The molecular weight excluding hydrogens is 300 g/mol. The highest BCUT2D eigenvalue weighted by atomic mass is 16.4. The van der Waals surface area contributed by atoms with Gasteiger partial charge in [-0.2, -0.15) is 0 Å². The monoisotopic (exact) mass is 322 g/mol. The summed E-state index contributed by atoms with van der Waals surface area (Å²) in [5.74, 6) is -0.325. The van der Waals surface area contributed by atoms with Crippen LogP contribution in [0.2, 0.25) is 0 Å². The van der Waals surface area contributed by atoms with Gasteiger partial charge in [0.2, 0.25) is 0 Å². The summed E-state index contributed by atoms with van der Waals surface area (Å²) in [4.78, 5) is 18.6. The van der Waals surface area contributed by atoms with Crippen molar-refractivity contribution in [1.29, 1.82) is 0 Å². The van der Waals surface area contributed by atoms with Crippen LogP contribution in [0.4, 0.5) is 0 Å². The summed E-state index contributed by atoms with van der Waals surface area (Å²) in [6.07, 6.45) is 4.93. The molecule has 1 aliphatic carbocycles. The molecule has 2 N–H and O–H groups in total. The lowest BCUT2D eigenvalue weighted by Gasteiger charge is -2.53. The van der Waals surface area contributed by atoms with Crippen LogP contribution in [-0.2, 0) is 16.6 Å². The first-order valence-corrected chi connectivity index (χ1v) is 8.93. The van der Waals surface area contributed by atoms with Gasteiger partial charge in [-0.25, -0.2) is 0 Å². The molecule has 4 bridgehead atoms. The lowest BCUT2D eigenvalue weighted by molar-refractivity contribution is -0.150. The van der Waals surface area contributed by atoms with Gasteiger partial charge in [0.25, 0.3) is 0 Å². The van der Waals surface area contributed by atoms with Crippen molar-refractivity contribution >= 4 is 16.9 Å². The molecule has 4 nitrogen and oxygen atoms in total. The van der Waals surface area contributed by atoms with E-state index < -0.39 is 11.4 Å². The normalized spacial score (nSPS) is 33.9. The van der Waals surface area contributed by atoms with Gasteiger partial charge in [0.05, 0.1) is 6.04 Å². The number of para-hydroxylation sites is 1. The fraction of sp³-hybridized carbons (Fsp3) is 0.450. The average molecular weight is 322 g/mol. The van der Waals surface area contributed by atoms with Crippen LogP contribution in [0.5, 0.6) is 0 Å².